The van der Waals surface area contributed by atoms with Gasteiger partial charge in [-0.1, -0.05) is 20.8 Å². The number of Topliss-reactive ketones (excluding diaryl/α,β-unsaturated/α-hetero) is 1. The van der Waals surface area contributed by atoms with Crippen LogP contribution in [0.1, 0.15) is 52.9 Å². The van der Waals surface area contributed by atoms with E-state index in [1.54, 1.807) is 7.11 Å². The first-order chi connectivity index (χ1) is 11.6. The minimum absolute atomic E-state index is 0.154. The van der Waals surface area contributed by atoms with Crippen LogP contribution in [0.2, 0.25) is 18.1 Å². The first-order valence-corrected chi connectivity index (χ1v) is 12.9. The predicted octanol–water partition coefficient (Wildman–Crippen LogP) is 4.39. The highest BCUT2D eigenvalue weighted by molar-refractivity contribution is 6.74. The maximum Gasteiger partial charge on any atom is 0.192 e. The molecule has 0 heterocycles. The number of hydrogen-bond donors (Lipinski definition) is 0. The SMILES string of the molecule is COCO[C@H]1C[C@H]2C(=O)CC[C@H]2[C@@H]2C[C@H](O[Si](C)(C)C(C)(C)C)C[C@@H]21. The highest BCUT2D eigenvalue weighted by atomic mass is 28.4. The Kier molecular flexibility index (Phi) is 5.52. The molecule has 0 saturated heterocycles. The minimum Gasteiger partial charge on any atom is -0.414 e. The van der Waals surface area contributed by atoms with E-state index in [0.717, 1.165) is 32.1 Å². The molecule has 4 nitrogen and oxygen atoms in total. The van der Waals surface area contributed by atoms with Crippen molar-refractivity contribution in [3.63, 3.8) is 0 Å². The van der Waals surface area contributed by atoms with E-state index in [2.05, 4.69) is 33.9 Å². The summed E-state index contributed by atoms with van der Waals surface area (Å²) < 4.78 is 17.9. The lowest BCUT2D eigenvalue weighted by Gasteiger charge is -2.40. The molecule has 3 aliphatic rings. The quantitative estimate of drug-likeness (QED) is 0.533. The fourth-order valence-electron chi connectivity index (χ4n) is 5.19. The highest BCUT2D eigenvalue weighted by Crippen LogP contribution is 2.55. The molecule has 0 aliphatic heterocycles. The number of rotatable bonds is 5. The summed E-state index contributed by atoms with van der Waals surface area (Å²) in [7, 11) is -0.0927. The van der Waals surface area contributed by atoms with Crippen molar-refractivity contribution >= 4 is 14.1 Å². The Bertz CT molecular complexity index is 498. The second-order valence-electron chi connectivity index (χ2n) is 9.92. The predicted molar refractivity (Wildman–Crippen MR) is 101 cm³/mol. The monoisotopic (exact) mass is 368 g/mol. The molecule has 0 bridgehead atoms. The molecule has 0 N–H and O–H groups in total. The van der Waals surface area contributed by atoms with Crippen LogP contribution in [-0.2, 0) is 18.7 Å². The van der Waals surface area contributed by atoms with Crippen molar-refractivity contribution in [2.75, 3.05) is 13.9 Å². The van der Waals surface area contributed by atoms with E-state index in [0.29, 0.717) is 36.4 Å². The summed E-state index contributed by atoms with van der Waals surface area (Å²) in [5, 5.41) is 0.235. The second-order valence-corrected chi connectivity index (χ2v) is 14.7. The summed E-state index contributed by atoms with van der Waals surface area (Å²) in [6.45, 7) is 11.9. The third kappa shape index (κ3) is 3.75. The van der Waals surface area contributed by atoms with Crippen LogP contribution in [0.3, 0.4) is 0 Å². The maximum atomic E-state index is 12.3. The largest absolute Gasteiger partial charge is 0.414 e. The molecule has 0 radical (unpaired) electrons. The topological polar surface area (TPSA) is 44.8 Å². The number of ketones is 1. The lowest BCUT2D eigenvalue weighted by atomic mass is 9.68. The van der Waals surface area contributed by atoms with Gasteiger partial charge in [0.25, 0.3) is 0 Å². The summed E-state index contributed by atoms with van der Waals surface area (Å²) >= 11 is 0. The molecule has 6 atom stereocenters. The van der Waals surface area contributed by atoms with Gasteiger partial charge in [0.05, 0.1) is 6.10 Å². The molecular weight excluding hydrogens is 332 g/mol. The number of fused-ring (bicyclic) bond motifs is 3. The van der Waals surface area contributed by atoms with Crippen molar-refractivity contribution in [1.82, 2.24) is 0 Å². The van der Waals surface area contributed by atoms with Crippen molar-refractivity contribution < 1.29 is 18.7 Å². The number of carbonyl (C=O) groups excluding carboxylic acids is 1. The first-order valence-electron chi connectivity index (χ1n) is 9.95. The van der Waals surface area contributed by atoms with Gasteiger partial charge in [-0.05, 0) is 61.6 Å². The Balaban J connectivity index is 1.74. The van der Waals surface area contributed by atoms with E-state index in [-0.39, 0.29) is 17.1 Å². The number of carbonyl (C=O) groups is 1. The Morgan fingerprint density at radius 1 is 1.08 bits per heavy atom. The molecule has 25 heavy (non-hydrogen) atoms. The maximum absolute atomic E-state index is 12.3. The smallest absolute Gasteiger partial charge is 0.192 e. The lowest BCUT2D eigenvalue weighted by molar-refractivity contribution is -0.138. The molecule has 0 aromatic rings. The summed E-state index contributed by atoms with van der Waals surface area (Å²) in [4.78, 5) is 12.3. The second kappa shape index (κ2) is 7.06. The average Bonchev–Trinajstić information content (AvgIpc) is 3.07. The van der Waals surface area contributed by atoms with Crippen LogP contribution >= 0.6 is 0 Å². The Morgan fingerprint density at radius 3 is 2.40 bits per heavy atom. The van der Waals surface area contributed by atoms with Gasteiger partial charge in [-0.2, -0.15) is 0 Å². The van der Waals surface area contributed by atoms with Gasteiger partial charge in [-0.15, -0.1) is 0 Å². The zero-order chi connectivity index (χ0) is 18.4. The van der Waals surface area contributed by atoms with Crippen LogP contribution in [0.4, 0.5) is 0 Å². The van der Waals surface area contributed by atoms with Crippen molar-refractivity contribution in [3.8, 4) is 0 Å². The zero-order valence-corrected chi connectivity index (χ0v) is 17.8. The van der Waals surface area contributed by atoms with Crippen molar-refractivity contribution in [2.45, 2.75) is 83.2 Å². The Labute approximate surface area is 154 Å². The van der Waals surface area contributed by atoms with Gasteiger partial charge in [-0.25, -0.2) is 0 Å². The number of hydrogen-bond acceptors (Lipinski definition) is 4. The third-order valence-corrected chi connectivity index (χ3v) is 12.0. The molecule has 3 saturated carbocycles. The molecule has 3 rings (SSSR count). The van der Waals surface area contributed by atoms with E-state index in [1.807, 2.05) is 0 Å². The molecule has 0 amide bonds. The summed E-state index contributed by atoms with van der Waals surface area (Å²) in [5.74, 6) is 2.35. The van der Waals surface area contributed by atoms with Crippen molar-refractivity contribution in [1.29, 1.82) is 0 Å². The van der Waals surface area contributed by atoms with Crippen molar-refractivity contribution in [3.05, 3.63) is 0 Å². The van der Waals surface area contributed by atoms with Crippen LogP contribution in [0.25, 0.3) is 0 Å². The standard InChI is InChI=1S/C20H36O4Si/c1-20(2,3)25(5,6)24-13-9-15-14-7-8-18(21)16(14)11-19(17(15)10-13)23-12-22-4/h13-17,19H,7-12H2,1-6H3/t13-,14-,15-,16+,17-,19-/m0/s1. The van der Waals surface area contributed by atoms with Gasteiger partial charge in [0.1, 0.15) is 12.6 Å². The van der Waals surface area contributed by atoms with Gasteiger partial charge in [-0.3, -0.25) is 4.79 Å². The molecule has 144 valence electrons. The lowest BCUT2D eigenvalue weighted by Crippen LogP contribution is -2.43. The van der Waals surface area contributed by atoms with Gasteiger partial charge in [0.15, 0.2) is 8.32 Å². The van der Waals surface area contributed by atoms with E-state index in [4.69, 9.17) is 13.9 Å². The van der Waals surface area contributed by atoms with Gasteiger partial charge < -0.3 is 13.9 Å². The number of methoxy groups -OCH3 is 1. The molecule has 3 fully saturated rings. The van der Waals surface area contributed by atoms with Crippen LogP contribution in [0.15, 0.2) is 0 Å². The summed E-state index contributed by atoms with van der Waals surface area (Å²) in [6, 6.07) is 0. The average molecular weight is 369 g/mol. The van der Waals surface area contributed by atoms with Crippen LogP contribution in [-0.4, -0.2) is 40.2 Å². The molecule has 5 heteroatoms. The Morgan fingerprint density at radius 2 is 1.76 bits per heavy atom. The summed E-state index contributed by atoms with van der Waals surface area (Å²) in [5.41, 5.74) is 0. The Hall–Kier alpha value is -0.233. The molecule has 0 spiro atoms. The third-order valence-electron chi connectivity index (χ3n) is 7.46. The van der Waals surface area contributed by atoms with Crippen LogP contribution in [0, 0.1) is 23.7 Å². The number of ether oxygens (including phenoxy) is 2. The normalized spacial score (nSPS) is 38.7. The van der Waals surface area contributed by atoms with Crippen LogP contribution < -0.4 is 0 Å². The van der Waals surface area contributed by atoms with E-state index >= 15 is 0 Å². The van der Waals surface area contributed by atoms with Gasteiger partial charge >= 0.3 is 0 Å². The molecule has 0 aromatic carbocycles. The van der Waals surface area contributed by atoms with E-state index < -0.39 is 8.32 Å². The first kappa shape index (κ1) is 19.5. The molecular formula is C20H36O4Si. The summed E-state index contributed by atoms with van der Waals surface area (Å²) in [6.07, 6.45) is 5.42. The minimum atomic E-state index is -1.76. The molecule has 0 unspecified atom stereocenters. The van der Waals surface area contributed by atoms with E-state index in [9.17, 15) is 4.79 Å². The zero-order valence-electron chi connectivity index (χ0n) is 16.8. The molecule has 0 aromatic heterocycles. The fourth-order valence-corrected chi connectivity index (χ4v) is 6.57. The highest BCUT2D eigenvalue weighted by Gasteiger charge is 2.54. The molecule has 3 aliphatic carbocycles. The van der Waals surface area contributed by atoms with Crippen molar-refractivity contribution in [2.24, 2.45) is 23.7 Å². The fraction of sp³-hybridized carbons (Fsp3) is 0.950. The van der Waals surface area contributed by atoms with E-state index in [1.165, 1.54) is 0 Å². The van der Waals surface area contributed by atoms with Gasteiger partial charge in [0, 0.05) is 25.6 Å². The van der Waals surface area contributed by atoms with Crippen LogP contribution in [0.5, 0.6) is 0 Å². The van der Waals surface area contributed by atoms with Gasteiger partial charge in [0.2, 0.25) is 0 Å².